The molecule has 5 nitrogen and oxygen atoms in total. The molecule has 1 fully saturated rings. The van der Waals surface area contributed by atoms with Crippen molar-refractivity contribution in [2.45, 2.75) is 50.9 Å². The van der Waals surface area contributed by atoms with Crippen LogP contribution in [-0.4, -0.2) is 46.3 Å². The highest BCUT2D eigenvalue weighted by atomic mass is 16.5. The third kappa shape index (κ3) is 4.42. The molecular weight excluding hydrogens is 342 g/mol. The van der Waals surface area contributed by atoms with E-state index < -0.39 is 6.10 Å². The van der Waals surface area contributed by atoms with Crippen LogP contribution in [0.1, 0.15) is 41.6 Å². The van der Waals surface area contributed by atoms with Crippen molar-refractivity contribution in [1.29, 1.82) is 0 Å². The molecule has 2 N–H and O–H groups in total. The number of rotatable bonds is 4. The van der Waals surface area contributed by atoms with E-state index in [1.807, 2.05) is 37.3 Å². The number of nitrogens with zero attached hydrogens (tertiary/aromatic N) is 1. The van der Waals surface area contributed by atoms with E-state index in [1.165, 1.54) is 0 Å². The molecule has 1 amide bonds. The van der Waals surface area contributed by atoms with Crippen LogP contribution in [0.15, 0.2) is 48.5 Å². The molecule has 5 heteroatoms. The van der Waals surface area contributed by atoms with Crippen molar-refractivity contribution >= 4 is 5.91 Å². The number of phenols is 1. The molecule has 3 atom stereocenters. The second-order valence-corrected chi connectivity index (χ2v) is 7.25. The maximum atomic E-state index is 12.9. The Bertz CT molecular complexity index is 777. The van der Waals surface area contributed by atoms with E-state index in [2.05, 4.69) is 0 Å². The van der Waals surface area contributed by atoms with Crippen LogP contribution in [0.3, 0.4) is 0 Å². The highest BCUT2D eigenvalue weighted by molar-refractivity contribution is 5.97. The molecule has 1 aliphatic carbocycles. The summed E-state index contributed by atoms with van der Waals surface area (Å²) < 4.78 is 6.02. The second-order valence-electron chi connectivity index (χ2n) is 7.25. The first-order valence-electron chi connectivity index (χ1n) is 9.44. The van der Waals surface area contributed by atoms with Crippen molar-refractivity contribution in [2.75, 3.05) is 7.05 Å². The number of phenolic OH excluding ortho intramolecular Hbond substituents is 1. The molecule has 0 aromatic heterocycles. The van der Waals surface area contributed by atoms with Gasteiger partial charge in [0, 0.05) is 7.05 Å². The van der Waals surface area contributed by atoms with Crippen LogP contribution < -0.4 is 4.74 Å². The normalized spacial score (nSPS) is 22.7. The fraction of sp³-hybridized carbons (Fsp3) is 0.409. The predicted octanol–water partition coefficient (Wildman–Crippen LogP) is 3.52. The Hall–Kier alpha value is -2.53. The van der Waals surface area contributed by atoms with Gasteiger partial charge in [0.2, 0.25) is 0 Å². The van der Waals surface area contributed by atoms with Gasteiger partial charge in [-0.25, -0.2) is 0 Å². The van der Waals surface area contributed by atoms with Crippen LogP contribution in [0.5, 0.6) is 11.5 Å². The molecular formula is C22H27NO4. The molecule has 0 aliphatic heterocycles. The number of likely N-dealkylation sites (N-methyl/N-ethyl adjacent to an activating group) is 1. The predicted molar refractivity (Wildman–Crippen MR) is 104 cm³/mol. The molecule has 0 radical (unpaired) electrons. The number of hydrogen-bond acceptors (Lipinski definition) is 4. The van der Waals surface area contributed by atoms with Crippen molar-refractivity contribution < 1.29 is 19.7 Å². The quantitative estimate of drug-likeness (QED) is 0.809. The smallest absolute Gasteiger partial charge is 0.257 e. The number of aryl methyl sites for hydroxylation is 1. The standard InChI is InChI=1S/C22H27NO4/c1-15-12-13-17(19(24)14-15)22(26)23(2)18-10-6-7-11-20(21(18)25)27-16-8-4-3-5-9-16/h3-5,8-9,12-14,18,20-21,24-25H,6-7,10-11H2,1-2H3/t18-,20-,21-/m1/s1. The number of aromatic hydroxyl groups is 1. The van der Waals surface area contributed by atoms with E-state index >= 15 is 0 Å². The minimum atomic E-state index is -0.797. The molecule has 2 aromatic carbocycles. The summed E-state index contributed by atoms with van der Waals surface area (Å²) in [5.74, 6) is 0.385. The highest BCUT2D eigenvalue weighted by Crippen LogP contribution is 2.28. The molecule has 1 aliphatic rings. The van der Waals surface area contributed by atoms with Gasteiger partial charge >= 0.3 is 0 Å². The minimum Gasteiger partial charge on any atom is -0.507 e. The zero-order valence-electron chi connectivity index (χ0n) is 15.8. The number of carbonyl (C=O) groups is 1. The van der Waals surface area contributed by atoms with E-state index in [-0.39, 0.29) is 29.4 Å². The zero-order valence-corrected chi connectivity index (χ0v) is 15.8. The summed E-state index contributed by atoms with van der Waals surface area (Å²) in [5.41, 5.74) is 1.14. The maximum Gasteiger partial charge on any atom is 0.257 e. The van der Waals surface area contributed by atoms with Gasteiger partial charge in [-0.1, -0.05) is 30.7 Å². The van der Waals surface area contributed by atoms with Crippen molar-refractivity contribution in [1.82, 2.24) is 4.90 Å². The average molecular weight is 369 g/mol. The molecule has 0 bridgehead atoms. The van der Waals surface area contributed by atoms with Crippen LogP contribution in [0.25, 0.3) is 0 Å². The molecule has 0 spiro atoms. The van der Waals surface area contributed by atoms with E-state index in [0.717, 1.165) is 24.8 Å². The first-order chi connectivity index (χ1) is 13.0. The molecule has 3 rings (SSSR count). The summed E-state index contributed by atoms with van der Waals surface area (Å²) >= 11 is 0. The van der Waals surface area contributed by atoms with E-state index in [0.29, 0.717) is 12.2 Å². The number of hydrogen-bond donors (Lipinski definition) is 2. The van der Waals surface area contributed by atoms with Gasteiger partial charge in [-0.2, -0.15) is 0 Å². The van der Waals surface area contributed by atoms with Crippen molar-refractivity contribution in [3.05, 3.63) is 59.7 Å². The number of benzene rings is 2. The van der Waals surface area contributed by atoms with Crippen molar-refractivity contribution in [3.63, 3.8) is 0 Å². The van der Waals surface area contributed by atoms with Gasteiger partial charge < -0.3 is 19.8 Å². The Morgan fingerprint density at radius 1 is 1.11 bits per heavy atom. The van der Waals surface area contributed by atoms with Gasteiger partial charge in [0.05, 0.1) is 11.6 Å². The van der Waals surface area contributed by atoms with Gasteiger partial charge in [0.15, 0.2) is 0 Å². The fourth-order valence-electron chi connectivity index (χ4n) is 3.68. The van der Waals surface area contributed by atoms with Gasteiger partial charge in [-0.15, -0.1) is 0 Å². The summed E-state index contributed by atoms with van der Waals surface area (Å²) in [7, 11) is 1.68. The van der Waals surface area contributed by atoms with Crippen LogP contribution in [-0.2, 0) is 0 Å². The second kappa shape index (κ2) is 8.44. The summed E-state index contributed by atoms with van der Waals surface area (Å²) in [5, 5.41) is 21.1. The maximum absolute atomic E-state index is 12.9. The Kier molecular flexibility index (Phi) is 6.01. The topological polar surface area (TPSA) is 70.0 Å². The number of ether oxygens (including phenoxy) is 1. The Morgan fingerprint density at radius 2 is 1.81 bits per heavy atom. The van der Waals surface area contributed by atoms with Crippen LogP contribution in [0.2, 0.25) is 0 Å². The number of amides is 1. The molecule has 27 heavy (non-hydrogen) atoms. The third-order valence-corrected chi connectivity index (χ3v) is 5.25. The van der Waals surface area contributed by atoms with Crippen molar-refractivity contribution in [3.8, 4) is 11.5 Å². The summed E-state index contributed by atoms with van der Waals surface area (Å²) in [4.78, 5) is 14.5. The summed E-state index contributed by atoms with van der Waals surface area (Å²) in [6.45, 7) is 1.86. The lowest BCUT2D eigenvalue weighted by Gasteiger charge is -2.34. The Morgan fingerprint density at radius 3 is 2.52 bits per heavy atom. The van der Waals surface area contributed by atoms with E-state index in [9.17, 15) is 15.0 Å². The average Bonchev–Trinajstić information content (AvgIpc) is 2.83. The first kappa shape index (κ1) is 19.2. The first-order valence-corrected chi connectivity index (χ1v) is 9.44. The molecule has 144 valence electrons. The van der Waals surface area contributed by atoms with Gasteiger partial charge in [-0.3, -0.25) is 4.79 Å². The largest absolute Gasteiger partial charge is 0.507 e. The lowest BCUT2D eigenvalue weighted by molar-refractivity contribution is -0.0143. The third-order valence-electron chi connectivity index (χ3n) is 5.25. The summed E-state index contributed by atoms with van der Waals surface area (Å²) in [6, 6.07) is 14.1. The fourth-order valence-corrected chi connectivity index (χ4v) is 3.68. The van der Waals surface area contributed by atoms with E-state index in [4.69, 9.17) is 4.74 Å². The number of aliphatic hydroxyl groups is 1. The molecule has 0 heterocycles. The van der Waals surface area contributed by atoms with Gasteiger partial charge in [0.25, 0.3) is 5.91 Å². The Labute approximate surface area is 160 Å². The molecule has 0 saturated heterocycles. The monoisotopic (exact) mass is 369 g/mol. The lowest BCUT2D eigenvalue weighted by atomic mass is 10.0. The number of carbonyl (C=O) groups excluding carboxylic acids is 1. The Balaban J connectivity index is 1.77. The minimum absolute atomic E-state index is 0.0351. The molecule has 0 unspecified atom stereocenters. The van der Waals surface area contributed by atoms with Crippen LogP contribution >= 0.6 is 0 Å². The van der Waals surface area contributed by atoms with Gasteiger partial charge in [0.1, 0.15) is 23.7 Å². The molecule has 2 aromatic rings. The van der Waals surface area contributed by atoms with E-state index in [1.54, 1.807) is 30.1 Å². The lowest BCUT2D eigenvalue weighted by Crippen LogP contribution is -2.50. The van der Waals surface area contributed by atoms with Crippen LogP contribution in [0, 0.1) is 6.92 Å². The number of para-hydroxylation sites is 1. The highest BCUT2D eigenvalue weighted by Gasteiger charge is 2.36. The molecule has 1 saturated carbocycles. The van der Waals surface area contributed by atoms with Crippen LogP contribution in [0.4, 0.5) is 0 Å². The SMILES string of the molecule is Cc1ccc(C(=O)N(C)[C@@H]2CCCC[C@@H](Oc3ccccc3)[C@@H]2O)c(O)c1. The zero-order chi connectivity index (χ0) is 19.4. The number of aliphatic hydroxyl groups excluding tert-OH is 1. The summed E-state index contributed by atoms with van der Waals surface area (Å²) in [6.07, 6.45) is 2.11. The van der Waals surface area contributed by atoms with Gasteiger partial charge in [-0.05, 0) is 56.0 Å². The van der Waals surface area contributed by atoms with Crippen molar-refractivity contribution in [2.24, 2.45) is 0 Å².